The van der Waals surface area contributed by atoms with Crippen LogP contribution in [0.1, 0.15) is 13.8 Å². The zero-order chi connectivity index (χ0) is 18.6. The Hall–Kier alpha value is -3.68. The van der Waals surface area contributed by atoms with Gasteiger partial charge in [-0.2, -0.15) is 20.1 Å². The van der Waals surface area contributed by atoms with Crippen LogP contribution < -0.4 is 16.0 Å². The molecule has 0 aliphatic rings. The van der Waals surface area contributed by atoms with Crippen molar-refractivity contribution in [2.45, 2.75) is 19.9 Å². The Kier molecular flexibility index (Phi) is 4.52. The van der Waals surface area contributed by atoms with E-state index in [1.54, 1.807) is 6.20 Å². The molecular formula is C19H20N8. The van der Waals surface area contributed by atoms with Crippen molar-refractivity contribution in [3.8, 4) is 0 Å². The number of nitrogens with one attached hydrogen (secondary N) is 4. The lowest BCUT2D eigenvalue weighted by Gasteiger charge is -2.13. The summed E-state index contributed by atoms with van der Waals surface area (Å²) in [6, 6.07) is 15.9. The molecule has 8 nitrogen and oxygen atoms in total. The lowest BCUT2D eigenvalue weighted by atomic mass is 10.2. The van der Waals surface area contributed by atoms with Gasteiger partial charge in [-0.1, -0.05) is 18.2 Å². The van der Waals surface area contributed by atoms with Crippen molar-refractivity contribution < 1.29 is 0 Å². The minimum absolute atomic E-state index is 0.201. The molecule has 0 amide bonds. The van der Waals surface area contributed by atoms with Gasteiger partial charge in [-0.15, -0.1) is 0 Å². The van der Waals surface area contributed by atoms with Gasteiger partial charge in [0.15, 0.2) is 0 Å². The van der Waals surface area contributed by atoms with Crippen LogP contribution in [0.3, 0.4) is 0 Å². The minimum atomic E-state index is 0.201. The zero-order valence-corrected chi connectivity index (χ0v) is 15.1. The molecule has 0 saturated carbocycles. The van der Waals surface area contributed by atoms with Gasteiger partial charge in [0.1, 0.15) is 0 Å². The molecular weight excluding hydrogens is 340 g/mol. The zero-order valence-electron chi connectivity index (χ0n) is 15.1. The molecule has 8 heteroatoms. The molecule has 0 saturated heterocycles. The lowest BCUT2D eigenvalue weighted by Crippen LogP contribution is -2.15. The highest BCUT2D eigenvalue weighted by Crippen LogP contribution is 2.21. The van der Waals surface area contributed by atoms with Crippen LogP contribution in [-0.2, 0) is 0 Å². The molecule has 0 spiro atoms. The van der Waals surface area contributed by atoms with E-state index in [-0.39, 0.29) is 6.04 Å². The molecule has 0 atom stereocenters. The Morgan fingerprint density at radius 2 is 1.52 bits per heavy atom. The summed E-state index contributed by atoms with van der Waals surface area (Å²) in [5.74, 6) is 1.42. The normalized spacial score (nSPS) is 10.9. The standard InChI is InChI=1S/C19H20N8/c1-12(2)21-17-24-18(22-14-6-4-3-5-7-14)26-19(25-17)23-15-8-9-16-13(10-15)11-20-27-16/h3-12H,1-2H3,(H,20,27)(H3,21,22,23,24,25,26). The third kappa shape index (κ3) is 4.12. The predicted octanol–water partition coefficient (Wildman–Crippen LogP) is 4.06. The van der Waals surface area contributed by atoms with Crippen molar-refractivity contribution >= 4 is 40.1 Å². The molecule has 2 heterocycles. The highest BCUT2D eigenvalue weighted by Gasteiger charge is 2.09. The summed E-state index contributed by atoms with van der Waals surface area (Å²) in [5, 5.41) is 17.7. The maximum Gasteiger partial charge on any atom is 0.233 e. The second-order valence-electron chi connectivity index (χ2n) is 6.39. The summed E-state index contributed by atoms with van der Waals surface area (Å²) in [5.41, 5.74) is 2.76. The maximum atomic E-state index is 4.49. The monoisotopic (exact) mass is 360 g/mol. The highest BCUT2D eigenvalue weighted by atomic mass is 15.3. The number of hydrogen-bond acceptors (Lipinski definition) is 7. The Morgan fingerprint density at radius 1 is 0.815 bits per heavy atom. The number of fused-ring (bicyclic) bond motifs is 1. The third-order valence-corrected chi connectivity index (χ3v) is 3.78. The summed E-state index contributed by atoms with van der Waals surface area (Å²) in [6.45, 7) is 4.07. The number of para-hydroxylation sites is 1. The number of aromatic amines is 1. The Labute approximate surface area is 156 Å². The predicted molar refractivity (Wildman–Crippen MR) is 108 cm³/mol. The van der Waals surface area contributed by atoms with E-state index >= 15 is 0 Å². The average Bonchev–Trinajstić information content (AvgIpc) is 3.09. The third-order valence-electron chi connectivity index (χ3n) is 3.78. The molecule has 2 aromatic carbocycles. The van der Waals surface area contributed by atoms with Gasteiger partial charge >= 0.3 is 0 Å². The molecule has 136 valence electrons. The van der Waals surface area contributed by atoms with E-state index in [0.29, 0.717) is 17.8 Å². The molecule has 0 aliphatic heterocycles. The summed E-state index contributed by atoms with van der Waals surface area (Å²) in [6.07, 6.45) is 1.78. The first-order valence-electron chi connectivity index (χ1n) is 8.70. The molecule has 27 heavy (non-hydrogen) atoms. The fraction of sp³-hybridized carbons (Fsp3) is 0.158. The molecule has 0 aliphatic carbocycles. The number of benzene rings is 2. The van der Waals surface area contributed by atoms with Crippen molar-refractivity contribution in [3.63, 3.8) is 0 Å². The Balaban J connectivity index is 1.64. The van der Waals surface area contributed by atoms with E-state index in [0.717, 1.165) is 22.3 Å². The molecule has 4 rings (SSSR count). The van der Waals surface area contributed by atoms with Crippen molar-refractivity contribution in [2.75, 3.05) is 16.0 Å². The van der Waals surface area contributed by atoms with E-state index in [1.807, 2.05) is 62.4 Å². The van der Waals surface area contributed by atoms with Crippen molar-refractivity contribution in [3.05, 3.63) is 54.7 Å². The van der Waals surface area contributed by atoms with E-state index in [1.165, 1.54) is 0 Å². The van der Waals surface area contributed by atoms with E-state index < -0.39 is 0 Å². The summed E-state index contributed by atoms with van der Waals surface area (Å²) < 4.78 is 0. The Bertz CT molecular complexity index is 1040. The van der Waals surface area contributed by atoms with Crippen LogP contribution in [0.2, 0.25) is 0 Å². The number of aromatic nitrogens is 5. The second-order valence-corrected chi connectivity index (χ2v) is 6.39. The van der Waals surface area contributed by atoms with E-state index in [4.69, 9.17) is 0 Å². The van der Waals surface area contributed by atoms with Crippen molar-refractivity contribution in [1.82, 2.24) is 25.1 Å². The second kappa shape index (κ2) is 7.28. The summed E-state index contributed by atoms with van der Waals surface area (Å²) in [4.78, 5) is 13.4. The smallest absolute Gasteiger partial charge is 0.233 e. The van der Waals surface area contributed by atoms with Gasteiger partial charge in [-0.3, -0.25) is 5.10 Å². The molecule has 0 bridgehead atoms. The number of nitrogens with zero attached hydrogens (tertiary/aromatic N) is 4. The van der Waals surface area contributed by atoms with Crippen LogP contribution in [0.4, 0.5) is 29.2 Å². The van der Waals surface area contributed by atoms with Gasteiger partial charge in [0, 0.05) is 22.8 Å². The number of anilines is 5. The van der Waals surface area contributed by atoms with Gasteiger partial charge in [0.25, 0.3) is 0 Å². The molecule has 4 aromatic rings. The first kappa shape index (κ1) is 16.8. The maximum absolute atomic E-state index is 4.49. The molecule has 2 aromatic heterocycles. The first-order valence-corrected chi connectivity index (χ1v) is 8.70. The first-order chi connectivity index (χ1) is 13.2. The van der Waals surface area contributed by atoms with Gasteiger partial charge < -0.3 is 16.0 Å². The van der Waals surface area contributed by atoms with Crippen LogP contribution in [0.5, 0.6) is 0 Å². The fourth-order valence-corrected chi connectivity index (χ4v) is 2.61. The fourth-order valence-electron chi connectivity index (χ4n) is 2.61. The van der Waals surface area contributed by atoms with Crippen LogP contribution in [0.15, 0.2) is 54.7 Å². The highest BCUT2D eigenvalue weighted by molar-refractivity contribution is 5.82. The van der Waals surface area contributed by atoms with E-state index in [9.17, 15) is 0 Å². The average molecular weight is 360 g/mol. The van der Waals surface area contributed by atoms with Gasteiger partial charge in [-0.05, 0) is 44.2 Å². The summed E-state index contributed by atoms with van der Waals surface area (Å²) in [7, 11) is 0. The largest absolute Gasteiger partial charge is 0.352 e. The quantitative estimate of drug-likeness (QED) is 0.411. The Morgan fingerprint density at radius 3 is 2.26 bits per heavy atom. The van der Waals surface area contributed by atoms with Gasteiger partial charge in [0.2, 0.25) is 17.8 Å². The van der Waals surface area contributed by atoms with Crippen molar-refractivity contribution in [2.24, 2.45) is 0 Å². The molecule has 0 radical (unpaired) electrons. The number of H-pyrrole nitrogens is 1. The van der Waals surface area contributed by atoms with Gasteiger partial charge in [0.05, 0.1) is 11.7 Å². The van der Waals surface area contributed by atoms with Crippen LogP contribution in [-0.4, -0.2) is 31.2 Å². The number of rotatable bonds is 6. The topological polar surface area (TPSA) is 103 Å². The minimum Gasteiger partial charge on any atom is -0.352 e. The lowest BCUT2D eigenvalue weighted by molar-refractivity contribution is 0.869. The molecule has 4 N–H and O–H groups in total. The molecule has 0 unspecified atom stereocenters. The number of hydrogen-bond donors (Lipinski definition) is 4. The SMILES string of the molecule is CC(C)Nc1nc(Nc2ccccc2)nc(Nc2ccc3[nH]ncc3c2)n1. The van der Waals surface area contributed by atoms with E-state index in [2.05, 4.69) is 41.1 Å². The van der Waals surface area contributed by atoms with Crippen LogP contribution in [0, 0.1) is 0 Å². The van der Waals surface area contributed by atoms with Crippen LogP contribution in [0.25, 0.3) is 10.9 Å². The van der Waals surface area contributed by atoms with Gasteiger partial charge in [-0.25, -0.2) is 0 Å². The van der Waals surface area contributed by atoms with Crippen LogP contribution >= 0.6 is 0 Å². The molecule has 0 fully saturated rings. The summed E-state index contributed by atoms with van der Waals surface area (Å²) >= 11 is 0. The van der Waals surface area contributed by atoms with Crippen molar-refractivity contribution in [1.29, 1.82) is 0 Å².